The molecule has 2 heterocycles. The molecule has 0 radical (unpaired) electrons. The molecule has 0 saturated carbocycles. The van der Waals surface area contributed by atoms with Crippen molar-refractivity contribution in [2.24, 2.45) is 0 Å². The number of benzene rings is 4. The van der Waals surface area contributed by atoms with E-state index in [1.807, 2.05) is 46.4 Å². The maximum absolute atomic E-state index is 13.3. The van der Waals surface area contributed by atoms with Crippen LogP contribution in [0.2, 0.25) is 0 Å². The monoisotopic (exact) mass is 952 g/mol. The normalized spacial score (nSPS) is 14.9. The first-order valence-electron chi connectivity index (χ1n) is 19.5. The number of nitrogens with one attached hydrogen (secondary N) is 1. The summed E-state index contributed by atoms with van der Waals surface area (Å²) in [4.78, 5) is 29.1. The SMILES string of the molecule is CC(C)(C)OC(=O)N1CCN(c2ccc(C(F)(F)F)c3ccccc23)CC1.CC(C)(C)OC(=O)N1CCNCC1.CC(C)(C)[O-].FC(F)(F)c1ccc(Br)c2ccccc12.[K+]. The molecule has 0 aliphatic carbocycles. The number of piperazine rings is 2. The Kier molecular flexibility index (Phi) is 20.4. The van der Waals surface area contributed by atoms with Gasteiger partial charge in [-0.25, -0.2) is 9.59 Å². The van der Waals surface area contributed by atoms with Gasteiger partial charge in [0.25, 0.3) is 0 Å². The molecule has 0 aromatic heterocycles. The molecular weight excluding hydrogens is 897 g/mol. The van der Waals surface area contributed by atoms with Gasteiger partial charge in [-0.2, -0.15) is 26.3 Å². The number of anilines is 1. The van der Waals surface area contributed by atoms with Crippen LogP contribution in [0, 0.1) is 0 Å². The second-order valence-corrected chi connectivity index (χ2v) is 18.0. The fraction of sp³-hybridized carbons (Fsp3) is 0.500. The van der Waals surface area contributed by atoms with Gasteiger partial charge in [-0.1, -0.05) is 85.2 Å². The molecule has 4 aromatic carbocycles. The average molecular weight is 954 g/mol. The van der Waals surface area contributed by atoms with Crippen molar-refractivity contribution >= 4 is 55.3 Å². The Labute approximate surface area is 406 Å². The summed E-state index contributed by atoms with van der Waals surface area (Å²) in [6.45, 7) is 21.2. The number of amides is 2. The Balaban J connectivity index is 0.000000319. The molecule has 2 amide bonds. The summed E-state index contributed by atoms with van der Waals surface area (Å²) in [5, 5.41) is 14.8. The van der Waals surface area contributed by atoms with Gasteiger partial charge in [0.05, 0.1) is 11.1 Å². The van der Waals surface area contributed by atoms with Crippen LogP contribution in [0.4, 0.5) is 41.6 Å². The molecule has 2 saturated heterocycles. The third kappa shape index (κ3) is 18.5. The Morgan fingerprint density at radius 1 is 0.574 bits per heavy atom. The van der Waals surface area contributed by atoms with Crippen LogP contribution < -0.4 is 66.7 Å². The number of halogens is 7. The number of hydrogen-bond donors (Lipinski definition) is 1. The van der Waals surface area contributed by atoms with Crippen LogP contribution in [0.3, 0.4) is 0 Å². The molecule has 1 N–H and O–H groups in total. The van der Waals surface area contributed by atoms with E-state index >= 15 is 0 Å². The van der Waals surface area contributed by atoms with Gasteiger partial charge in [0.1, 0.15) is 11.2 Å². The second kappa shape index (κ2) is 22.8. The van der Waals surface area contributed by atoms with Crippen LogP contribution in [-0.4, -0.2) is 91.1 Å². The van der Waals surface area contributed by atoms with Crippen LogP contribution in [-0.2, 0) is 21.8 Å². The average Bonchev–Trinajstić information content (AvgIpc) is 3.13. The zero-order valence-electron chi connectivity index (χ0n) is 36.6. The molecule has 17 heteroatoms. The molecule has 0 bridgehead atoms. The Morgan fingerprint density at radius 3 is 1.34 bits per heavy atom. The van der Waals surface area contributed by atoms with Crippen molar-refractivity contribution in [3.8, 4) is 0 Å². The molecule has 6 rings (SSSR count). The number of nitrogens with zero attached hydrogens (tertiary/aromatic N) is 3. The number of ether oxygens (including phenoxy) is 2. The van der Waals surface area contributed by atoms with Gasteiger partial charge in [-0.3, -0.25) is 0 Å². The summed E-state index contributed by atoms with van der Waals surface area (Å²) in [6, 6.07) is 18.2. The molecule has 4 aromatic rings. The molecule has 0 spiro atoms. The number of fused-ring (bicyclic) bond motifs is 2. The smallest absolute Gasteiger partial charge is 0.850 e. The molecule has 9 nitrogen and oxygen atoms in total. The van der Waals surface area contributed by atoms with E-state index in [0.717, 1.165) is 44.0 Å². The van der Waals surface area contributed by atoms with E-state index in [-0.39, 0.29) is 79.9 Å². The number of carbonyl (C=O) groups is 2. The summed E-state index contributed by atoms with van der Waals surface area (Å²) in [5.41, 5.74) is -2.17. The summed E-state index contributed by atoms with van der Waals surface area (Å²) in [6.07, 6.45) is -9.26. The number of alkyl halides is 6. The number of rotatable bonds is 1. The summed E-state index contributed by atoms with van der Waals surface area (Å²) >= 11 is 3.23. The van der Waals surface area contributed by atoms with Gasteiger partial charge in [0.2, 0.25) is 0 Å². The zero-order valence-corrected chi connectivity index (χ0v) is 41.3. The van der Waals surface area contributed by atoms with Gasteiger partial charge in [0, 0.05) is 67.9 Å². The van der Waals surface area contributed by atoms with E-state index in [0.29, 0.717) is 41.4 Å². The van der Waals surface area contributed by atoms with E-state index in [4.69, 9.17) is 9.47 Å². The molecule has 2 aliphatic heterocycles. The quantitative estimate of drug-likeness (QED) is 0.156. The van der Waals surface area contributed by atoms with Crippen molar-refractivity contribution in [2.75, 3.05) is 57.3 Å². The van der Waals surface area contributed by atoms with Crippen molar-refractivity contribution in [1.82, 2.24) is 15.1 Å². The summed E-state index contributed by atoms with van der Waals surface area (Å²) in [7, 11) is 0. The van der Waals surface area contributed by atoms with Gasteiger partial charge in [-0.15, -0.1) is 5.60 Å². The Bertz CT molecular complexity index is 2030. The molecule has 0 unspecified atom stereocenters. The number of hydrogen-bond acceptors (Lipinski definition) is 7. The van der Waals surface area contributed by atoms with Crippen molar-refractivity contribution in [3.05, 3.63) is 88.4 Å². The van der Waals surface area contributed by atoms with Crippen molar-refractivity contribution in [2.45, 2.75) is 91.5 Å². The van der Waals surface area contributed by atoms with E-state index < -0.39 is 34.7 Å². The Morgan fingerprint density at radius 2 is 0.934 bits per heavy atom. The maximum Gasteiger partial charge on any atom is 1.00 e. The predicted molar refractivity (Wildman–Crippen MR) is 226 cm³/mol. The molecule has 0 atom stereocenters. The fourth-order valence-corrected chi connectivity index (χ4v) is 6.42. The van der Waals surface area contributed by atoms with Gasteiger partial charge in [-0.05, 0) is 82.0 Å². The zero-order chi connectivity index (χ0) is 45.3. The van der Waals surface area contributed by atoms with E-state index in [9.17, 15) is 41.0 Å². The second-order valence-electron chi connectivity index (χ2n) is 17.1. The van der Waals surface area contributed by atoms with Crippen LogP contribution >= 0.6 is 15.9 Å². The largest absolute Gasteiger partial charge is 1.00 e. The molecule has 2 fully saturated rings. The molecule has 2 aliphatic rings. The van der Waals surface area contributed by atoms with Crippen LogP contribution in [0.5, 0.6) is 0 Å². The Hall–Kier alpha value is -2.64. The number of carbonyl (C=O) groups excluding carboxylic acids is 2. The van der Waals surface area contributed by atoms with Crippen LogP contribution in [0.15, 0.2) is 77.3 Å². The van der Waals surface area contributed by atoms with E-state index in [1.165, 1.54) is 24.3 Å². The van der Waals surface area contributed by atoms with Crippen LogP contribution in [0.1, 0.15) is 73.4 Å². The standard InChI is InChI=1S/C20H23F3N2O2.C11H6BrF3.C9H18N2O2.C4H9O.K/c1-19(2,3)27-18(26)25-12-10-24(11-13-25)17-9-8-16(20(21,22)23)14-6-4-5-7-15(14)17;12-10-6-5-9(11(13,14)15)7-3-1-2-4-8(7)10;1-9(2,3)13-8(12)11-6-4-10-5-7-11;1-4(2,3)5;/h4-9H,10-13H2,1-3H3;1-6H;10H,4-7H2,1-3H3;1-3H3;/q;;;-1;+1. The minimum absolute atomic E-state index is 0. The first-order valence-corrected chi connectivity index (χ1v) is 20.3. The fourth-order valence-electron chi connectivity index (χ4n) is 5.95. The van der Waals surface area contributed by atoms with E-state index in [1.54, 1.807) is 67.0 Å². The molecule has 61 heavy (non-hydrogen) atoms. The molecule has 332 valence electrons. The summed E-state index contributed by atoms with van der Waals surface area (Å²) < 4.78 is 89.1. The third-order valence-electron chi connectivity index (χ3n) is 8.42. The predicted octanol–water partition coefficient (Wildman–Crippen LogP) is 7.51. The van der Waals surface area contributed by atoms with Crippen molar-refractivity contribution in [3.63, 3.8) is 0 Å². The summed E-state index contributed by atoms with van der Waals surface area (Å²) in [5.74, 6) is 0. The first kappa shape index (κ1) is 54.5. The van der Waals surface area contributed by atoms with Crippen LogP contribution in [0.25, 0.3) is 21.5 Å². The minimum atomic E-state index is -4.40. The van der Waals surface area contributed by atoms with E-state index in [2.05, 4.69) is 21.2 Å². The topological polar surface area (TPSA) is 97.4 Å². The molecular formula is C44H56BrF6KN4O5. The van der Waals surface area contributed by atoms with Gasteiger partial charge < -0.3 is 34.6 Å². The third-order valence-corrected chi connectivity index (χ3v) is 9.11. The first-order chi connectivity index (χ1) is 27.5. The van der Waals surface area contributed by atoms with Gasteiger partial charge >= 0.3 is 75.9 Å². The van der Waals surface area contributed by atoms with Gasteiger partial charge in [0.15, 0.2) is 0 Å². The maximum atomic E-state index is 13.3. The van der Waals surface area contributed by atoms with Crippen molar-refractivity contribution < 1.29 is 102 Å². The van der Waals surface area contributed by atoms with Crippen molar-refractivity contribution in [1.29, 1.82) is 0 Å². The minimum Gasteiger partial charge on any atom is -0.850 e.